The van der Waals surface area contributed by atoms with Gasteiger partial charge in [0.1, 0.15) is 17.0 Å². The molecule has 1 fully saturated rings. The standard InChI is InChI=1S/C24H28N2O3S/c1-14-10-11-18(12-15(14)2)20-17(4)30-22-21(20)23(27)26(13-25-22)16(3)24(28)29-19-8-6-5-7-9-19/h10-13,16,19H,5-9H2,1-4H3/t16-/m0/s1. The van der Waals surface area contributed by atoms with Gasteiger partial charge in [0, 0.05) is 10.4 Å². The molecule has 1 atom stereocenters. The number of rotatable bonds is 4. The number of fused-ring (bicyclic) bond motifs is 1. The fourth-order valence-electron chi connectivity index (χ4n) is 4.20. The molecule has 3 aromatic rings. The number of nitrogens with zero attached hydrogens (tertiary/aromatic N) is 2. The van der Waals surface area contributed by atoms with Gasteiger partial charge in [-0.25, -0.2) is 9.78 Å². The van der Waals surface area contributed by atoms with Crippen LogP contribution in [0.25, 0.3) is 21.3 Å². The molecule has 1 aromatic carbocycles. The molecular weight excluding hydrogens is 396 g/mol. The van der Waals surface area contributed by atoms with Crippen LogP contribution in [0.2, 0.25) is 0 Å². The summed E-state index contributed by atoms with van der Waals surface area (Å²) in [5.41, 5.74) is 4.13. The van der Waals surface area contributed by atoms with Crippen LogP contribution >= 0.6 is 11.3 Å². The number of ether oxygens (including phenoxy) is 1. The lowest BCUT2D eigenvalue weighted by atomic mass is 9.98. The molecule has 0 amide bonds. The SMILES string of the molecule is Cc1ccc(-c2c(C)sc3ncn([C@@H](C)C(=O)OC4CCCCC4)c(=O)c23)cc1C. The van der Waals surface area contributed by atoms with Gasteiger partial charge in [-0.2, -0.15) is 0 Å². The van der Waals surface area contributed by atoms with Crippen molar-refractivity contribution in [3.05, 3.63) is 50.9 Å². The molecule has 6 heteroatoms. The molecule has 0 N–H and O–H groups in total. The molecule has 158 valence electrons. The minimum atomic E-state index is -0.705. The number of aromatic nitrogens is 2. The minimum absolute atomic E-state index is 0.0319. The molecule has 0 spiro atoms. The van der Waals surface area contributed by atoms with Gasteiger partial charge in [-0.3, -0.25) is 9.36 Å². The van der Waals surface area contributed by atoms with Crippen LogP contribution < -0.4 is 5.56 Å². The Balaban J connectivity index is 1.73. The summed E-state index contributed by atoms with van der Waals surface area (Å²) in [4.78, 5) is 32.4. The molecule has 0 bridgehead atoms. The highest BCUT2D eigenvalue weighted by Crippen LogP contribution is 2.36. The van der Waals surface area contributed by atoms with Crippen LogP contribution in [0, 0.1) is 20.8 Å². The van der Waals surface area contributed by atoms with Crippen molar-refractivity contribution in [3.63, 3.8) is 0 Å². The maximum atomic E-state index is 13.4. The van der Waals surface area contributed by atoms with Crippen molar-refractivity contribution in [2.24, 2.45) is 0 Å². The lowest BCUT2D eigenvalue weighted by Crippen LogP contribution is -2.32. The fourth-order valence-corrected chi connectivity index (χ4v) is 5.20. The van der Waals surface area contributed by atoms with E-state index in [0.717, 1.165) is 41.7 Å². The number of benzene rings is 1. The van der Waals surface area contributed by atoms with Crippen molar-refractivity contribution in [2.45, 2.75) is 71.9 Å². The zero-order valence-corrected chi connectivity index (χ0v) is 18.8. The van der Waals surface area contributed by atoms with E-state index in [4.69, 9.17) is 4.74 Å². The molecule has 4 rings (SSSR count). The van der Waals surface area contributed by atoms with Gasteiger partial charge in [0.05, 0.1) is 11.7 Å². The third kappa shape index (κ3) is 3.81. The van der Waals surface area contributed by atoms with E-state index in [2.05, 4.69) is 31.0 Å². The van der Waals surface area contributed by atoms with Crippen molar-refractivity contribution >= 4 is 27.5 Å². The van der Waals surface area contributed by atoms with E-state index < -0.39 is 6.04 Å². The fraction of sp³-hybridized carbons (Fsp3) is 0.458. The first kappa shape index (κ1) is 20.8. The van der Waals surface area contributed by atoms with Crippen molar-refractivity contribution in [3.8, 4) is 11.1 Å². The van der Waals surface area contributed by atoms with Crippen LogP contribution in [0.1, 0.15) is 61.1 Å². The number of carbonyl (C=O) groups excluding carboxylic acids is 1. The average molecular weight is 425 g/mol. The zero-order valence-electron chi connectivity index (χ0n) is 18.0. The summed E-state index contributed by atoms with van der Waals surface area (Å²) in [5.74, 6) is -0.357. The Morgan fingerprint density at radius 2 is 1.90 bits per heavy atom. The number of hydrogen-bond donors (Lipinski definition) is 0. The zero-order chi connectivity index (χ0) is 21.4. The first-order chi connectivity index (χ1) is 14.4. The molecule has 0 unspecified atom stereocenters. The predicted molar refractivity (Wildman–Crippen MR) is 121 cm³/mol. The van der Waals surface area contributed by atoms with Crippen LogP contribution in [-0.4, -0.2) is 21.6 Å². The minimum Gasteiger partial charge on any atom is -0.461 e. The summed E-state index contributed by atoms with van der Waals surface area (Å²) in [6.07, 6.45) is 6.65. The highest BCUT2D eigenvalue weighted by Gasteiger charge is 2.25. The maximum Gasteiger partial charge on any atom is 0.329 e. The lowest BCUT2D eigenvalue weighted by Gasteiger charge is -2.24. The van der Waals surface area contributed by atoms with E-state index in [-0.39, 0.29) is 17.6 Å². The van der Waals surface area contributed by atoms with E-state index in [0.29, 0.717) is 10.2 Å². The normalized spacial score (nSPS) is 16.0. The molecule has 2 aromatic heterocycles. The summed E-state index contributed by atoms with van der Waals surface area (Å²) in [6.45, 7) is 7.88. The Labute approximate surface area is 180 Å². The van der Waals surface area contributed by atoms with Crippen LogP contribution in [0.15, 0.2) is 29.3 Å². The summed E-state index contributed by atoms with van der Waals surface area (Å²) < 4.78 is 7.12. The summed E-state index contributed by atoms with van der Waals surface area (Å²) in [6, 6.07) is 5.53. The van der Waals surface area contributed by atoms with Gasteiger partial charge in [-0.15, -0.1) is 11.3 Å². The molecule has 1 saturated carbocycles. The summed E-state index contributed by atoms with van der Waals surface area (Å²) in [7, 11) is 0. The van der Waals surface area contributed by atoms with Gasteiger partial charge in [0.2, 0.25) is 0 Å². The molecule has 0 saturated heterocycles. The Morgan fingerprint density at radius 3 is 2.60 bits per heavy atom. The van der Waals surface area contributed by atoms with E-state index >= 15 is 0 Å². The first-order valence-electron chi connectivity index (χ1n) is 10.6. The highest BCUT2D eigenvalue weighted by atomic mass is 32.1. The monoisotopic (exact) mass is 424 g/mol. The molecule has 1 aliphatic carbocycles. The Kier molecular flexibility index (Phi) is 5.78. The van der Waals surface area contributed by atoms with Gasteiger partial charge in [-0.1, -0.05) is 24.6 Å². The van der Waals surface area contributed by atoms with Crippen molar-refractivity contribution < 1.29 is 9.53 Å². The van der Waals surface area contributed by atoms with E-state index in [1.807, 2.05) is 13.0 Å². The molecular formula is C24H28N2O3S. The molecule has 0 aliphatic heterocycles. The lowest BCUT2D eigenvalue weighted by molar-refractivity contribution is -0.154. The van der Waals surface area contributed by atoms with Crippen LogP contribution in [-0.2, 0) is 9.53 Å². The molecule has 0 radical (unpaired) electrons. The van der Waals surface area contributed by atoms with Gasteiger partial charge in [0.25, 0.3) is 5.56 Å². The largest absolute Gasteiger partial charge is 0.461 e. The third-order valence-corrected chi connectivity index (χ3v) is 7.22. The molecule has 1 aliphatic rings. The Morgan fingerprint density at radius 1 is 1.17 bits per heavy atom. The van der Waals surface area contributed by atoms with Crippen molar-refractivity contribution in [2.75, 3.05) is 0 Å². The average Bonchev–Trinajstić information content (AvgIpc) is 3.07. The first-order valence-corrected chi connectivity index (χ1v) is 11.5. The summed E-state index contributed by atoms with van der Waals surface area (Å²) in [5, 5.41) is 0.584. The van der Waals surface area contributed by atoms with Crippen molar-refractivity contribution in [1.29, 1.82) is 0 Å². The quantitative estimate of drug-likeness (QED) is 0.520. The van der Waals surface area contributed by atoms with Gasteiger partial charge in [-0.05, 0) is 70.1 Å². The van der Waals surface area contributed by atoms with Crippen molar-refractivity contribution in [1.82, 2.24) is 9.55 Å². The third-order valence-electron chi connectivity index (χ3n) is 6.20. The van der Waals surface area contributed by atoms with Gasteiger partial charge >= 0.3 is 5.97 Å². The van der Waals surface area contributed by atoms with Gasteiger partial charge in [0.15, 0.2) is 0 Å². The Hall–Kier alpha value is -2.47. The maximum absolute atomic E-state index is 13.4. The van der Waals surface area contributed by atoms with E-state index in [1.54, 1.807) is 6.92 Å². The molecule has 2 heterocycles. The van der Waals surface area contributed by atoms with Crippen LogP contribution in [0.4, 0.5) is 0 Å². The number of carbonyl (C=O) groups is 1. The smallest absolute Gasteiger partial charge is 0.329 e. The number of esters is 1. The second-order valence-electron chi connectivity index (χ2n) is 8.34. The second-order valence-corrected chi connectivity index (χ2v) is 9.55. The van der Waals surface area contributed by atoms with Gasteiger partial charge < -0.3 is 4.74 Å². The second kappa shape index (κ2) is 8.34. The van der Waals surface area contributed by atoms with E-state index in [1.165, 1.54) is 39.8 Å². The van der Waals surface area contributed by atoms with E-state index in [9.17, 15) is 9.59 Å². The molecule has 30 heavy (non-hydrogen) atoms. The highest BCUT2D eigenvalue weighted by molar-refractivity contribution is 7.19. The topological polar surface area (TPSA) is 61.2 Å². The number of aryl methyl sites for hydroxylation is 3. The van der Waals surface area contributed by atoms with Crippen LogP contribution in [0.3, 0.4) is 0 Å². The summed E-state index contributed by atoms with van der Waals surface area (Å²) >= 11 is 1.51. The predicted octanol–water partition coefficient (Wildman–Crippen LogP) is 5.49. The Bertz CT molecular complexity index is 1160. The molecule has 5 nitrogen and oxygen atoms in total. The van der Waals surface area contributed by atoms with Crippen LogP contribution in [0.5, 0.6) is 0 Å². The number of thiophene rings is 1. The number of hydrogen-bond acceptors (Lipinski definition) is 5.